The van der Waals surface area contributed by atoms with E-state index >= 15 is 0 Å². The second-order valence-electron chi connectivity index (χ2n) is 5.43. The van der Waals surface area contributed by atoms with Gasteiger partial charge < -0.3 is 10.4 Å². The van der Waals surface area contributed by atoms with Crippen LogP contribution in [0.1, 0.15) is 37.0 Å². The molecule has 0 bridgehead atoms. The smallest absolute Gasteiger partial charge is 0.303 e. The highest BCUT2D eigenvalue weighted by molar-refractivity contribution is 14.1. The van der Waals surface area contributed by atoms with Gasteiger partial charge in [-0.1, -0.05) is 25.4 Å². The van der Waals surface area contributed by atoms with Crippen molar-refractivity contribution in [2.75, 3.05) is 6.54 Å². The van der Waals surface area contributed by atoms with Crippen molar-refractivity contribution in [1.82, 2.24) is 5.32 Å². The summed E-state index contributed by atoms with van der Waals surface area (Å²) in [5, 5.41) is 12.2. The van der Waals surface area contributed by atoms with Crippen molar-refractivity contribution in [2.24, 2.45) is 11.8 Å². The van der Waals surface area contributed by atoms with Crippen molar-refractivity contribution in [1.29, 1.82) is 0 Å². The van der Waals surface area contributed by atoms with Crippen LogP contribution >= 0.6 is 34.2 Å². The van der Waals surface area contributed by atoms with E-state index in [1.165, 1.54) is 0 Å². The zero-order chi connectivity index (χ0) is 16.0. The molecule has 0 aliphatic carbocycles. The zero-order valence-electron chi connectivity index (χ0n) is 12.0. The first kappa shape index (κ1) is 18.2. The summed E-state index contributed by atoms with van der Waals surface area (Å²) in [6, 6.07) is 5.10. The van der Waals surface area contributed by atoms with Gasteiger partial charge in [-0.3, -0.25) is 9.59 Å². The molecule has 0 aliphatic heterocycles. The fraction of sp³-hybridized carbons (Fsp3) is 0.467. The fourth-order valence-electron chi connectivity index (χ4n) is 2.13. The quantitative estimate of drug-likeness (QED) is 0.655. The van der Waals surface area contributed by atoms with Gasteiger partial charge in [-0.2, -0.15) is 0 Å². The highest BCUT2D eigenvalue weighted by Crippen LogP contribution is 2.20. The predicted octanol–water partition coefficient (Wildman–Crippen LogP) is 3.81. The van der Waals surface area contributed by atoms with Gasteiger partial charge in [0, 0.05) is 22.1 Å². The Morgan fingerprint density at radius 3 is 2.57 bits per heavy atom. The summed E-state index contributed by atoms with van der Waals surface area (Å²) in [6.07, 6.45) is 0.825. The average Bonchev–Trinajstić information content (AvgIpc) is 2.37. The van der Waals surface area contributed by atoms with Crippen LogP contribution in [0.2, 0.25) is 5.02 Å². The molecule has 1 aromatic carbocycles. The van der Waals surface area contributed by atoms with E-state index in [1.807, 2.05) is 13.8 Å². The second-order valence-corrected chi connectivity index (χ2v) is 7.00. The molecule has 1 amide bonds. The van der Waals surface area contributed by atoms with Crippen molar-refractivity contribution in [3.8, 4) is 0 Å². The molecule has 21 heavy (non-hydrogen) atoms. The van der Waals surface area contributed by atoms with Gasteiger partial charge in [-0.25, -0.2) is 0 Å². The molecular weight excluding hydrogens is 405 g/mol. The number of carboxylic acid groups (broad SMARTS) is 1. The fourth-order valence-corrected chi connectivity index (χ4v) is 2.64. The minimum atomic E-state index is -0.841. The molecule has 0 radical (unpaired) electrons. The largest absolute Gasteiger partial charge is 0.481 e. The third-order valence-electron chi connectivity index (χ3n) is 3.00. The summed E-state index contributed by atoms with van der Waals surface area (Å²) >= 11 is 8.09. The average molecular weight is 424 g/mol. The minimum absolute atomic E-state index is 0.0614. The molecule has 6 heteroatoms. The highest BCUT2D eigenvalue weighted by Gasteiger charge is 2.17. The molecule has 1 unspecified atom stereocenters. The number of hydrogen-bond acceptors (Lipinski definition) is 2. The van der Waals surface area contributed by atoms with Crippen molar-refractivity contribution in [3.05, 3.63) is 32.4 Å². The van der Waals surface area contributed by atoms with Crippen molar-refractivity contribution in [2.45, 2.75) is 26.7 Å². The summed E-state index contributed by atoms with van der Waals surface area (Å²) in [7, 11) is 0. The lowest BCUT2D eigenvalue weighted by Gasteiger charge is -2.17. The Bertz CT molecular complexity index is 520. The molecule has 116 valence electrons. The summed E-state index contributed by atoms with van der Waals surface area (Å²) in [5.74, 6) is -0.746. The van der Waals surface area contributed by atoms with Crippen LogP contribution < -0.4 is 5.32 Å². The van der Waals surface area contributed by atoms with E-state index in [4.69, 9.17) is 16.7 Å². The lowest BCUT2D eigenvalue weighted by Crippen LogP contribution is -2.31. The number of halogens is 2. The number of amides is 1. The van der Waals surface area contributed by atoms with Crippen LogP contribution in [0.15, 0.2) is 18.2 Å². The van der Waals surface area contributed by atoms with Gasteiger partial charge in [-0.15, -0.1) is 0 Å². The van der Waals surface area contributed by atoms with E-state index in [2.05, 4.69) is 27.9 Å². The van der Waals surface area contributed by atoms with E-state index in [-0.39, 0.29) is 18.2 Å². The minimum Gasteiger partial charge on any atom is -0.481 e. The van der Waals surface area contributed by atoms with E-state index < -0.39 is 5.97 Å². The number of carboxylic acids is 1. The molecule has 0 aromatic heterocycles. The van der Waals surface area contributed by atoms with Crippen LogP contribution in [-0.2, 0) is 4.79 Å². The zero-order valence-corrected chi connectivity index (χ0v) is 14.9. The first-order chi connectivity index (χ1) is 9.79. The number of hydrogen-bond donors (Lipinski definition) is 2. The molecule has 1 rings (SSSR count). The van der Waals surface area contributed by atoms with Crippen LogP contribution in [-0.4, -0.2) is 23.5 Å². The van der Waals surface area contributed by atoms with Gasteiger partial charge in [0.15, 0.2) is 0 Å². The van der Waals surface area contributed by atoms with E-state index in [0.717, 1.165) is 9.99 Å². The number of nitrogens with one attached hydrogen (secondary N) is 1. The Balaban J connectivity index is 2.63. The van der Waals surface area contributed by atoms with Gasteiger partial charge in [0.05, 0.1) is 5.02 Å². The SMILES string of the molecule is CC(C)CC(CNC(=O)c1ccc(I)c(Cl)c1)CC(=O)O. The predicted molar refractivity (Wildman–Crippen MR) is 91.7 cm³/mol. The number of rotatable bonds is 7. The summed E-state index contributed by atoms with van der Waals surface area (Å²) < 4.78 is 0.884. The van der Waals surface area contributed by atoms with E-state index in [1.54, 1.807) is 18.2 Å². The molecule has 1 atom stereocenters. The van der Waals surface area contributed by atoms with Gasteiger partial charge in [0.25, 0.3) is 5.91 Å². The highest BCUT2D eigenvalue weighted by atomic mass is 127. The first-order valence-corrected chi connectivity index (χ1v) is 8.20. The topological polar surface area (TPSA) is 66.4 Å². The molecule has 0 aliphatic rings. The molecule has 0 saturated heterocycles. The first-order valence-electron chi connectivity index (χ1n) is 6.74. The Labute approximate surface area is 143 Å². The lowest BCUT2D eigenvalue weighted by molar-refractivity contribution is -0.138. The lowest BCUT2D eigenvalue weighted by atomic mass is 9.94. The molecule has 0 saturated carbocycles. The van der Waals surface area contributed by atoms with E-state index in [9.17, 15) is 9.59 Å². The van der Waals surface area contributed by atoms with Crippen LogP contribution in [0.5, 0.6) is 0 Å². The maximum Gasteiger partial charge on any atom is 0.303 e. The molecule has 0 heterocycles. The number of benzene rings is 1. The molecule has 0 fully saturated rings. The molecular formula is C15H19ClINO3. The number of carbonyl (C=O) groups is 2. The third-order valence-corrected chi connectivity index (χ3v) is 4.57. The van der Waals surface area contributed by atoms with Crippen molar-refractivity contribution >= 4 is 46.1 Å². The monoisotopic (exact) mass is 423 g/mol. The van der Waals surface area contributed by atoms with Gasteiger partial charge >= 0.3 is 5.97 Å². The van der Waals surface area contributed by atoms with E-state index in [0.29, 0.717) is 23.0 Å². The number of aliphatic carboxylic acids is 1. The summed E-state index contributed by atoms with van der Waals surface area (Å²) in [5.41, 5.74) is 0.485. The molecule has 1 aromatic rings. The van der Waals surface area contributed by atoms with Crippen LogP contribution in [0.4, 0.5) is 0 Å². The van der Waals surface area contributed by atoms with Crippen LogP contribution in [0.25, 0.3) is 0 Å². The Morgan fingerprint density at radius 2 is 2.05 bits per heavy atom. The van der Waals surface area contributed by atoms with Crippen LogP contribution in [0, 0.1) is 15.4 Å². The standard InChI is InChI=1S/C15H19ClINO3/c1-9(2)5-10(6-14(19)20)8-18-15(21)11-3-4-13(17)12(16)7-11/h3-4,7,9-10H,5-6,8H2,1-2H3,(H,18,21)(H,19,20). The maximum atomic E-state index is 12.1. The van der Waals surface area contributed by atoms with Gasteiger partial charge in [-0.05, 0) is 59.0 Å². The van der Waals surface area contributed by atoms with Gasteiger partial charge in [0.2, 0.25) is 0 Å². The third kappa shape index (κ3) is 6.65. The van der Waals surface area contributed by atoms with Crippen molar-refractivity contribution in [3.63, 3.8) is 0 Å². The number of carbonyl (C=O) groups excluding carboxylic acids is 1. The second kappa shape index (κ2) is 8.58. The molecule has 4 nitrogen and oxygen atoms in total. The summed E-state index contributed by atoms with van der Waals surface area (Å²) in [6.45, 7) is 4.43. The summed E-state index contributed by atoms with van der Waals surface area (Å²) in [4.78, 5) is 22.9. The molecule has 2 N–H and O–H groups in total. The Hall–Kier alpha value is -0.820. The normalized spacial score (nSPS) is 12.2. The van der Waals surface area contributed by atoms with Gasteiger partial charge in [0.1, 0.15) is 0 Å². The maximum absolute atomic E-state index is 12.1. The Morgan fingerprint density at radius 1 is 1.38 bits per heavy atom. The Kier molecular flexibility index (Phi) is 7.45. The van der Waals surface area contributed by atoms with Crippen LogP contribution in [0.3, 0.4) is 0 Å². The van der Waals surface area contributed by atoms with Crippen molar-refractivity contribution < 1.29 is 14.7 Å². The molecule has 0 spiro atoms.